The topological polar surface area (TPSA) is 121 Å². The van der Waals surface area contributed by atoms with Gasteiger partial charge < -0.3 is 14.9 Å². The lowest BCUT2D eigenvalue weighted by Gasteiger charge is -2.06. The van der Waals surface area contributed by atoms with Crippen LogP contribution in [0.5, 0.6) is 0 Å². The van der Waals surface area contributed by atoms with Crippen LogP contribution in [0.2, 0.25) is 0 Å². The number of aliphatic hydroxyl groups is 1. The van der Waals surface area contributed by atoms with Gasteiger partial charge in [-0.15, -0.1) is 0 Å². The molecule has 0 saturated carbocycles. The summed E-state index contributed by atoms with van der Waals surface area (Å²) >= 11 is 0. The summed E-state index contributed by atoms with van der Waals surface area (Å²) in [4.78, 5) is 37.4. The second-order valence-corrected chi connectivity index (χ2v) is 3.48. The smallest absolute Gasteiger partial charge is 0.377 e. The quantitative estimate of drug-likeness (QED) is 0.379. The Labute approximate surface area is 73.6 Å². The predicted molar refractivity (Wildman–Crippen MR) is 39.7 cm³/mol. The molecular formula is C5H9O7P. The van der Waals surface area contributed by atoms with E-state index in [0.29, 0.717) is 0 Å². The number of hydrogen-bond donors (Lipinski definition) is 3. The van der Waals surface area contributed by atoms with Gasteiger partial charge in [-0.25, -0.2) is 4.57 Å². The molecule has 13 heavy (non-hydrogen) atoms. The Morgan fingerprint density at radius 1 is 1.46 bits per heavy atom. The minimum atomic E-state index is -4.73. The second-order valence-electron chi connectivity index (χ2n) is 2.24. The van der Waals surface area contributed by atoms with Crippen LogP contribution in [0.3, 0.4) is 0 Å². The van der Waals surface area contributed by atoms with Gasteiger partial charge in [-0.3, -0.25) is 14.1 Å². The summed E-state index contributed by atoms with van der Waals surface area (Å²) in [6, 6.07) is 0. The van der Waals surface area contributed by atoms with E-state index in [2.05, 4.69) is 4.52 Å². The number of rotatable bonds is 5. The Morgan fingerprint density at radius 2 is 1.92 bits per heavy atom. The third-order valence-electron chi connectivity index (χ3n) is 1.07. The lowest BCUT2D eigenvalue weighted by molar-refractivity contribution is -0.138. The molecule has 7 nitrogen and oxygen atoms in total. The fourth-order valence-electron chi connectivity index (χ4n) is 0.453. The van der Waals surface area contributed by atoms with Gasteiger partial charge in [0, 0.05) is 0 Å². The minimum absolute atomic E-state index is 0.806. The van der Waals surface area contributed by atoms with Gasteiger partial charge in [-0.2, -0.15) is 0 Å². The number of Topliss-reactive ketones (excluding diaryl/α,β-unsaturated/α-hetero) is 2. The number of phosphoric acid groups is 1. The number of ketones is 2. The molecule has 1 unspecified atom stereocenters. The van der Waals surface area contributed by atoms with Gasteiger partial charge in [0.25, 0.3) is 0 Å². The molecule has 3 N–H and O–H groups in total. The molecule has 0 aliphatic rings. The molecule has 76 valence electrons. The van der Waals surface area contributed by atoms with Gasteiger partial charge >= 0.3 is 7.82 Å². The molecule has 0 saturated heterocycles. The Balaban J connectivity index is 4.03. The summed E-state index contributed by atoms with van der Waals surface area (Å²) in [5, 5.41) is 8.76. The molecule has 0 aliphatic heterocycles. The Kier molecular flexibility index (Phi) is 4.38. The van der Waals surface area contributed by atoms with Crippen LogP contribution >= 0.6 is 7.82 Å². The lowest BCUT2D eigenvalue weighted by atomic mass is 10.2. The van der Waals surface area contributed by atoms with E-state index in [-0.39, 0.29) is 0 Å². The van der Waals surface area contributed by atoms with Crippen LogP contribution in [0, 0.1) is 0 Å². The molecule has 0 spiro atoms. The van der Waals surface area contributed by atoms with Crippen molar-refractivity contribution < 1.29 is 33.6 Å². The lowest BCUT2D eigenvalue weighted by Crippen LogP contribution is -2.30. The van der Waals surface area contributed by atoms with Gasteiger partial charge in [0.05, 0.1) is 0 Å². The molecule has 8 heteroatoms. The summed E-state index contributed by atoms with van der Waals surface area (Å²) in [7, 11) is -4.73. The van der Waals surface area contributed by atoms with Crippen LogP contribution in [0.1, 0.15) is 6.92 Å². The number of phosphoric ester groups is 1. The van der Waals surface area contributed by atoms with E-state index in [1.807, 2.05) is 0 Å². The van der Waals surface area contributed by atoms with Crippen LogP contribution in [0.4, 0.5) is 0 Å². The minimum Gasteiger partial charge on any atom is -0.377 e. The molecule has 1 atom stereocenters. The van der Waals surface area contributed by atoms with Gasteiger partial charge in [-0.1, -0.05) is 0 Å². The van der Waals surface area contributed by atoms with E-state index in [0.717, 1.165) is 6.92 Å². The maximum Gasteiger partial charge on any atom is 0.470 e. The fraction of sp³-hybridized carbons (Fsp3) is 0.600. The molecule has 0 aliphatic carbocycles. The first-order valence-electron chi connectivity index (χ1n) is 3.15. The van der Waals surface area contributed by atoms with E-state index in [1.54, 1.807) is 0 Å². The van der Waals surface area contributed by atoms with E-state index >= 15 is 0 Å². The highest BCUT2D eigenvalue weighted by Gasteiger charge is 2.23. The van der Waals surface area contributed by atoms with Crippen molar-refractivity contribution in [3.63, 3.8) is 0 Å². The average Bonchev–Trinajstić information content (AvgIpc) is 1.97. The summed E-state index contributed by atoms with van der Waals surface area (Å²) in [5.74, 6) is -1.89. The zero-order chi connectivity index (χ0) is 10.6. The first kappa shape index (κ1) is 12.4. The number of carbonyl (C=O) groups is 2. The number of aliphatic hydroxyl groups excluding tert-OH is 1. The number of hydrogen-bond acceptors (Lipinski definition) is 5. The highest BCUT2D eigenvalue weighted by molar-refractivity contribution is 7.46. The Hall–Kier alpha value is -0.590. The van der Waals surface area contributed by atoms with E-state index in [1.165, 1.54) is 0 Å². The molecule has 0 radical (unpaired) electrons. The summed E-state index contributed by atoms with van der Waals surface area (Å²) < 4.78 is 13.8. The van der Waals surface area contributed by atoms with Crippen molar-refractivity contribution in [2.75, 3.05) is 6.61 Å². The summed E-state index contributed by atoms with van der Waals surface area (Å²) in [6.07, 6.45) is -1.88. The maximum absolute atomic E-state index is 10.7. The highest BCUT2D eigenvalue weighted by Crippen LogP contribution is 2.35. The van der Waals surface area contributed by atoms with Crippen LogP contribution in [0.25, 0.3) is 0 Å². The standard InChI is InChI=1S/C5H9O7P/c1-3(6)5(8)4(7)2-12-13(9,10)11/h5,8H,2H2,1H3,(H2,9,10,11). The summed E-state index contributed by atoms with van der Waals surface area (Å²) in [5.41, 5.74) is 0. The molecule has 0 heterocycles. The fourth-order valence-corrected chi connectivity index (χ4v) is 0.749. The van der Waals surface area contributed by atoms with Crippen LogP contribution in [-0.4, -0.2) is 39.2 Å². The van der Waals surface area contributed by atoms with Crippen LogP contribution in [-0.2, 0) is 18.7 Å². The van der Waals surface area contributed by atoms with Gasteiger partial charge in [0.15, 0.2) is 17.7 Å². The van der Waals surface area contributed by atoms with E-state index < -0.39 is 32.1 Å². The van der Waals surface area contributed by atoms with E-state index in [9.17, 15) is 14.2 Å². The first-order chi connectivity index (χ1) is 5.74. The van der Waals surface area contributed by atoms with Crippen molar-refractivity contribution in [3.8, 4) is 0 Å². The molecule has 0 rings (SSSR count). The molecule has 0 aromatic heterocycles. The normalized spacial score (nSPS) is 13.8. The molecule has 0 fully saturated rings. The molecule has 0 amide bonds. The van der Waals surface area contributed by atoms with Crippen molar-refractivity contribution in [3.05, 3.63) is 0 Å². The third-order valence-corrected chi connectivity index (χ3v) is 1.53. The summed E-state index contributed by atoms with van der Waals surface area (Å²) in [6.45, 7) is -0.0227. The molecule has 0 aromatic rings. The zero-order valence-corrected chi connectivity index (χ0v) is 7.60. The predicted octanol–water partition coefficient (Wildman–Crippen LogP) is -1.39. The molecular weight excluding hydrogens is 203 g/mol. The van der Waals surface area contributed by atoms with Crippen LogP contribution < -0.4 is 0 Å². The highest BCUT2D eigenvalue weighted by atomic mass is 31.2. The van der Waals surface area contributed by atoms with E-state index in [4.69, 9.17) is 14.9 Å². The van der Waals surface area contributed by atoms with Gasteiger partial charge in [-0.05, 0) is 6.92 Å². The van der Waals surface area contributed by atoms with Crippen molar-refractivity contribution in [1.82, 2.24) is 0 Å². The first-order valence-corrected chi connectivity index (χ1v) is 4.68. The SMILES string of the molecule is CC(=O)C(O)C(=O)COP(=O)(O)O. The van der Waals surface area contributed by atoms with Crippen molar-refractivity contribution in [2.45, 2.75) is 13.0 Å². The molecule has 0 bridgehead atoms. The third kappa shape index (κ3) is 5.62. The van der Waals surface area contributed by atoms with Gasteiger partial charge in [0.2, 0.25) is 0 Å². The zero-order valence-electron chi connectivity index (χ0n) is 6.71. The van der Waals surface area contributed by atoms with Crippen molar-refractivity contribution in [2.24, 2.45) is 0 Å². The Bertz CT molecular complexity index is 254. The second kappa shape index (κ2) is 4.59. The largest absolute Gasteiger partial charge is 0.470 e. The van der Waals surface area contributed by atoms with Crippen LogP contribution in [0.15, 0.2) is 0 Å². The monoisotopic (exact) mass is 212 g/mol. The number of carbonyl (C=O) groups excluding carboxylic acids is 2. The maximum atomic E-state index is 10.7. The molecule has 0 aromatic carbocycles. The van der Waals surface area contributed by atoms with Crippen molar-refractivity contribution >= 4 is 19.4 Å². The Morgan fingerprint density at radius 3 is 2.23 bits per heavy atom. The van der Waals surface area contributed by atoms with Gasteiger partial charge in [0.1, 0.15) is 6.61 Å². The van der Waals surface area contributed by atoms with Crippen molar-refractivity contribution in [1.29, 1.82) is 0 Å². The average molecular weight is 212 g/mol.